The van der Waals surface area contributed by atoms with Crippen molar-refractivity contribution in [2.75, 3.05) is 13.1 Å². The third kappa shape index (κ3) is 6.44. The lowest BCUT2D eigenvalue weighted by Crippen LogP contribution is -2.44. The highest BCUT2D eigenvalue weighted by molar-refractivity contribution is 14.0. The Morgan fingerprint density at radius 1 is 1.28 bits per heavy atom. The molecule has 0 radical (unpaired) electrons. The van der Waals surface area contributed by atoms with Gasteiger partial charge in [0.2, 0.25) is 11.7 Å². The number of aromatic nitrogens is 2. The minimum atomic E-state index is -1.18. The molecule has 2 aromatic heterocycles. The van der Waals surface area contributed by atoms with Crippen LogP contribution in [0.25, 0.3) is 11.4 Å². The standard InChI is InChI=1S/C19H22ClN5O3.HI/c1-3-21-18(23-12-19(2,26)15-8-5-9-27-15)22-11-16-24-17(25-28-16)13-6-4-7-14(20)10-13;/h4-10,26H,3,11-12H2,1-2H3,(H2,21,22,23);1H. The Morgan fingerprint density at radius 3 is 2.79 bits per heavy atom. The maximum absolute atomic E-state index is 10.5. The Bertz CT molecular complexity index is 928. The van der Waals surface area contributed by atoms with Gasteiger partial charge in [-0.3, -0.25) is 0 Å². The van der Waals surface area contributed by atoms with Gasteiger partial charge < -0.3 is 24.7 Å². The van der Waals surface area contributed by atoms with Crippen LogP contribution < -0.4 is 10.6 Å². The van der Waals surface area contributed by atoms with E-state index in [4.69, 9.17) is 20.5 Å². The van der Waals surface area contributed by atoms with Crippen LogP contribution in [0, 0.1) is 0 Å². The van der Waals surface area contributed by atoms with E-state index in [1.807, 2.05) is 19.1 Å². The second-order valence-corrected chi connectivity index (χ2v) is 6.76. The number of hydrogen-bond acceptors (Lipinski definition) is 6. The summed E-state index contributed by atoms with van der Waals surface area (Å²) in [5.41, 5.74) is -0.407. The normalized spacial score (nSPS) is 13.4. The minimum Gasteiger partial charge on any atom is -0.466 e. The molecule has 3 N–H and O–H groups in total. The van der Waals surface area contributed by atoms with Gasteiger partial charge in [-0.1, -0.05) is 28.9 Å². The van der Waals surface area contributed by atoms with Crippen LogP contribution in [0.3, 0.4) is 0 Å². The van der Waals surface area contributed by atoms with Crippen LogP contribution in [-0.2, 0) is 12.1 Å². The molecule has 29 heavy (non-hydrogen) atoms. The number of hydrogen-bond donors (Lipinski definition) is 3. The van der Waals surface area contributed by atoms with Crippen molar-refractivity contribution < 1.29 is 14.0 Å². The highest BCUT2D eigenvalue weighted by Gasteiger charge is 2.26. The molecule has 0 aliphatic carbocycles. The van der Waals surface area contributed by atoms with E-state index in [1.165, 1.54) is 6.26 Å². The second-order valence-electron chi connectivity index (χ2n) is 6.32. The average molecular weight is 532 g/mol. The first-order valence-electron chi connectivity index (χ1n) is 8.85. The molecule has 0 spiro atoms. The smallest absolute Gasteiger partial charge is 0.248 e. The predicted octanol–water partition coefficient (Wildman–Crippen LogP) is 3.56. The molecule has 0 aliphatic heterocycles. The SMILES string of the molecule is CCNC(=NCc1nc(-c2cccc(Cl)c2)no1)NCC(C)(O)c1ccco1.I. The van der Waals surface area contributed by atoms with Crippen LogP contribution in [0.15, 0.2) is 56.6 Å². The molecule has 1 atom stereocenters. The molecule has 10 heteroatoms. The van der Waals surface area contributed by atoms with Crippen molar-refractivity contribution in [1.82, 2.24) is 20.8 Å². The lowest BCUT2D eigenvalue weighted by Gasteiger charge is -2.22. The number of furan rings is 1. The van der Waals surface area contributed by atoms with Crippen molar-refractivity contribution >= 4 is 41.5 Å². The van der Waals surface area contributed by atoms with Gasteiger partial charge in [0, 0.05) is 17.1 Å². The predicted molar refractivity (Wildman–Crippen MR) is 121 cm³/mol. The maximum atomic E-state index is 10.5. The lowest BCUT2D eigenvalue weighted by atomic mass is 10.0. The highest BCUT2D eigenvalue weighted by atomic mass is 127. The molecule has 3 rings (SSSR count). The fourth-order valence-electron chi connectivity index (χ4n) is 2.48. The van der Waals surface area contributed by atoms with Crippen molar-refractivity contribution in [3.8, 4) is 11.4 Å². The summed E-state index contributed by atoms with van der Waals surface area (Å²) in [6, 6.07) is 10.7. The molecular formula is C19H23ClIN5O3. The van der Waals surface area contributed by atoms with Crippen LogP contribution in [0.2, 0.25) is 5.02 Å². The van der Waals surface area contributed by atoms with Crippen molar-refractivity contribution in [3.05, 3.63) is 59.3 Å². The number of halogens is 2. The van der Waals surface area contributed by atoms with Gasteiger partial charge in [-0.25, -0.2) is 4.99 Å². The molecule has 0 saturated heterocycles. The fourth-order valence-corrected chi connectivity index (χ4v) is 2.67. The van der Waals surface area contributed by atoms with Crippen LogP contribution in [0.5, 0.6) is 0 Å². The van der Waals surface area contributed by atoms with Crippen molar-refractivity contribution in [1.29, 1.82) is 0 Å². The Morgan fingerprint density at radius 2 is 2.10 bits per heavy atom. The number of nitrogens with zero attached hydrogens (tertiary/aromatic N) is 3. The van der Waals surface area contributed by atoms with Crippen molar-refractivity contribution in [2.24, 2.45) is 4.99 Å². The largest absolute Gasteiger partial charge is 0.466 e. The van der Waals surface area contributed by atoms with Gasteiger partial charge in [0.05, 0.1) is 12.8 Å². The lowest BCUT2D eigenvalue weighted by molar-refractivity contribution is 0.0386. The molecular weight excluding hydrogens is 509 g/mol. The van der Waals surface area contributed by atoms with Crippen molar-refractivity contribution in [2.45, 2.75) is 26.0 Å². The van der Waals surface area contributed by atoms with E-state index in [0.717, 1.165) is 5.56 Å². The number of rotatable bonds is 7. The summed E-state index contributed by atoms with van der Waals surface area (Å²) in [5, 5.41) is 21.3. The van der Waals surface area contributed by atoms with E-state index < -0.39 is 5.60 Å². The molecule has 2 heterocycles. The Hall–Kier alpha value is -2.11. The van der Waals surface area contributed by atoms with Crippen LogP contribution in [0.4, 0.5) is 0 Å². The van der Waals surface area contributed by atoms with Crippen LogP contribution in [0.1, 0.15) is 25.5 Å². The summed E-state index contributed by atoms with van der Waals surface area (Å²) in [5.74, 6) is 1.80. The summed E-state index contributed by atoms with van der Waals surface area (Å²) >= 11 is 6.00. The first-order chi connectivity index (χ1) is 13.5. The zero-order chi connectivity index (χ0) is 20.0. The Kier molecular flexibility index (Phi) is 8.47. The van der Waals surface area contributed by atoms with Gasteiger partial charge in [-0.2, -0.15) is 4.98 Å². The van der Waals surface area contributed by atoms with E-state index in [-0.39, 0.29) is 37.1 Å². The highest BCUT2D eigenvalue weighted by Crippen LogP contribution is 2.21. The fraction of sp³-hybridized carbons (Fsp3) is 0.316. The summed E-state index contributed by atoms with van der Waals surface area (Å²) in [7, 11) is 0. The number of guanidine groups is 1. The molecule has 8 nitrogen and oxygen atoms in total. The van der Waals surface area contributed by atoms with E-state index in [1.54, 1.807) is 31.2 Å². The molecule has 0 amide bonds. The molecule has 0 saturated carbocycles. The van der Waals surface area contributed by atoms with Crippen LogP contribution in [-0.4, -0.2) is 34.3 Å². The molecule has 1 unspecified atom stereocenters. The zero-order valence-corrected chi connectivity index (χ0v) is 19.1. The number of benzene rings is 1. The number of aliphatic imine (C=N–C) groups is 1. The zero-order valence-electron chi connectivity index (χ0n) is 16.1. The molecule has 0 bridgehead atoms. The Balaban J connectivity index is 0.00000300. The van der Waals surface area contributed by atoms with E-state index in [0.29, 0.717) is 35.0 Å². The van der Waals surface area contributed by atoms with Gasteiger partial charge >= 0.3 is 0 Å². The van der Waals surface area contributed by atoms with Gasteiger partial charge in [-0.15, -0.1) is 24.0 Å². The second kappa shape index (κ2) is 10.6. The third-order valence-corrected chi connectivity index (χ3v) is 4.15. The van der Waals surface area contributed by atoms with Gasteiger partial charge in [-0.05, 0) is 38.1 Å². The first kappa shape index (κ1) is 23.2. The molecule has 1 aromatic carbocycles. The third-order valence-electron chi connectivity index (χ3n) is 3.92. The van der Waals surface area contributed by atoms with Gasteiger partial charge in [0.15, 0.2) is 5.96 Å². The van der Waals surface area contributed by atoms with Crippen LogP contribution >= 0.6 is 35.6 Å². The molecule has 0 fully saturated rings. The van der Waals surface area contributed by atoms with E-state index in [9.17, 15) is 5.11 Å². The summed E-state index contributed by atoms with van der Waals surface area (Å²) in [6.45, 7) is 4.67. The molecule has 3 aromatic rings. The maximum Gasteiger partial charge on any atom is 0.248 e. The monoisotopic (exact) mass is 531 g/mol. The summed E-state index contributed by atoms with van der Waals surface area (Å²) in [4.78, 5) is 8.76. The summed E-state index contributed by atoms with van der Waals surface area (Å²) < 4.78 is 10.5. The van der Waals surface area contributed by atoms with Gasteiger partial charge in [0.1, 0.15) is 17.9 Å². The Labute approximate surface area is 190 Å². The van der Waals surface area contributed by atoms with Crippen molar-refractivity contribution in [3.63, 3.8) is 0 Å². The number of nitrogens with one attached hydrogen (secondary N) is 2. The van der Waals surface area contributed by atoms with E-state index >= 15 is 0 Å². The minimum absolute atomic E-state index is 0. The molecule has 156 valence electrons. The average Bonchev–Trinajstić information content (AvgIpc) is 3.36. The molecule has 0 aliphatic rings. The first-order valence-corrected chi connectivity index (χ1v) is 9.23. The van der Waals surface area contributed by atoms with Gasteiger partial charge in [0.25, 0.3) is 0 Å². The van der Waals surface area contributed by atoms with E-state index in [2.05, 4.69) is 25.8 Å². The quantitative estimate of drug-likeness (QED) is 0.243. The number of aliphatic hydroxyl groups is 1. The summed E-state index contributed by atoms with van der Waals surface area (Å²) in [6.07, 6.45) is 1.52. The topological polar surface area (TPSA) is 109 Å².